The molecule has 20 heavy (non-hydrogen) atoms. The van der Waals surface area contributed by atoms with Crippen molar-refractivity contribution in [3.8, 4) is 0 Å². The number of thioether (sulfide) groups is 1. The van der Waals surface area contributed by atoms with Gasteiger partial charge in [-0.2, -0.15) is 24.9 Å². The van der Waals surface area contributed by atoms with Gasteiger partial charge in [0.1, 0.15) is 12.6 Å². The quantitative estimate of drug-likeness (QED) is 0.720. The maximum Gasteiger partial charge on any atom is 0.406 e. The molecule has 0 aliphatic carbocycles. The van der Waals surface area contributed by atoms with Gasteiger partial charge in [0, 0.05) is 6.54 Å². The number of carbonyl (C=O) groups is 2. The molecule has 0 aromatic heterocycles. The molecule has 2 N–H and O–H groups in total. The first kappa shape index (κ1) is 18.9. The Kier molecular flexibility index (Phi) is 8.43. The zero-order valence-electron chi connectivity index (χ0n) is 11.4. The molecule has 0 heterocycles. The standard InChI is InChI=1S/C11H19F3N2O3S/c1-3-5-16(7-11(12,13)14)10(19)15-8(9(17)18)4-6-20-2/h8H,3-7H2,1-2H3,(H,15,19)(H,17,18)/t8-/m1/s1. The molecule has 5 nitrogen and oxygen atoms in total. The molecular formula is C11H19F3N2O3S. The summed E-state index contributed by atoms with van der Waals surface area (Å²) in [5.41, 5.74) is 0. The van der Waals surface area contributed by atoms with Gasteiger partial charge in [-0.3, -0.25) is 0 Å². The lowest BCUT2D eigenvalue weighted by Crippen LogP contribution is -2.50. The first-order valence-corrected chi connectivity index (χ1v) is 7.44. The number of alkyl halides is 3. The number of amides is 2. The van der Waals surface area contributed by atoms with Crippen molar-refractivity contribution < 1.29 is 27.9 Å². The second-order valence-electron chi connectivity index (χ2n) is 4.16. The summed E-state index contributed by atoms with van der Waals surface area (Å²) in [6.07, 6.45) is -2.22. The first-order valence-electron chi connectivity index (χ1n) is 6.05. The summed E-state index contributed by atoms with van der Waals surface area (Å²) >= 11 is 1.39. The third-order valence-electron chi connectivity index (χ3n) is 2.36. The van der Waals surface area contributed by atoms with Gasteiger partial charge in [-0.25, -0.2) is 9.59 Å². The van der Waals surface area contributed by atoms with Gasteiger partial charge in [0.2, 0.25) is 0 Å². The van der Waals surface area contributed by atoms with Crippen LogP contribution in [0.5, 0.6) is 0 Å². The molecule has 118 valence electrons. The molecule has 1 atom stereocenters. The van der Waals surface area contributed by atoms with Crippen LogP contribution in [-0.4, -0.2) is 59.3 Å². The van der Waals surface area contributed by atoms with E-state index in [0.717, 1.165) is 0 Å². The second-order valence-corrected chi connectivity index (χ2v) is 5.14. The maximum atomic E-state index is 12.3. The molecule has 0 aromatic rings. The van der Waals surface area contributed by atoms with Gasteiger partial charge >= 0.3 is 18.2 Å². The van der Waals surface area contributed by atoms with Crippen molar-refractivity contribution in [3.63, 3.8) is 0 Å². The van der Waals surface area contributed by atoms with Crippen molar-refractivity contribution in [3.05, 3.63) is 0 Å². The Morgan fingerprint density at radius 1 is 1.40 bits per heavy atom. The van der Waals surface area contributed by atoms with Crippen LogP contribution in [0.1, 0.15) is 19.8 Å². The number of urea groups is 1. The number of aliphatic carboxylic acids is 1. The highest BCUT2D eigenvalue weighted by atomic mass is 32.2. The molecule has 2 amide bonds. The monoisotopic (exact) mass is 316 g/mol. The van der Waals surface area contributed by atoms with Crippen molar-refractivity contribution in [2.45, 2.75) is 32.0 Å². The van der Waals surface area contributed by atoms with E-state index in [4.69, 9.17) is 5.11 Å². The lowest BCUT2D eigenvalue weighted by molar-refractivity contribution is -0.141. The molecule has 0 spiro atoms. The zero-order chi connectivity index (χ0) is 15.8. The average Bonchev–Trinajstić information content (AvgIpc) is 2.31. The van der Waals surface area contributed by atoms with Crippen LogP contribution in [0, 0.1) is 0 Å². The van der Waals surface area contributed by atoms with Crippen LogP contribution in [0.4, 0.5) is 18.0 Å². The van der Waals surface area contributed by atoms with Crippen molar-refractivity contribution in [2.75, 3.05) is 25.1 Å². The Morgan fingerprint density at radius 2 is 2.00 bits per heavy atom. The summed E-state index contributed by atoms with van der Waals surface area (Å²) in [4.78, 5) is 23.3. The number of carboxylic acids is 1. The molecular weight excluding hydrogens is 297 g/mol. The Balaban J connectivity index is 4.66. The number of hydrogen-bond acceptors (Lipinski definition) is 3. The van der Waals surface area contributed by atoms with Crippen molar-refractivity contribution in [1.82, 2.24) is 10.2 Å². The Morgan fingerprint density at radius 3 is 2.40 bits per heavy atom. The molecule has 0 fully saturated rings. The van der Waals surface area contributed by atoms with Crippen molar-refractivity contribution in [2.24, 2.45) is 0 Å². The van der Waals surface area contributed by atoms with E-state index in [-0.39, 0.29) is 13.0 Å². The van der Waals surface area contributed by atoms with E-state index < -0.39 is 30.8 Å². The van der Waals surface area contributed by atoms with Crippen molar-refractivity contribution in [1.29, 1.82) is 0 Å². The summed E-state index contributed by atoms with van der Waals surface area (Å²) < 4.78 is 37.0. The number of hydrogen-bond donors (Lipinski definition) is 2. The number of carbonyl (C=O) groups excluding carboxylic acids is 1. The van der Waals surface area contributed by atoms with Gasteiger partial charge in [0.25, 0.3) is 0 Å². The number of nitrogens with one attached hydrogen (secondary N) is 1. The summed E-state index contributed by atoms with van der Waals surface area (Å²) in [6, 6.07) is -2.18. The third kappa shape index (κ3) is 8.13. The molecule has 0 aliphatic rings. The molecule has 0 saturated heterocycles. The Bertz CT molecular complexity index is 327. The minimum Gasteiger partial charge on any atom is -0.480 e. The minimum atomic E-state index is -4.51. The zero-order valence-corrected chi connectivity index (χ0v) is 12.2. The molecule has 0 aromatic carbocycles. The highest BCUT2D eigenvalue weighted by Crippen LogP contribution is 2.17. The number of halogens is 3. The Hall–Kier alpha value is -1.12. The fourth-order valence-electron chi connectivity index (χ4n) is 1.47. The molecule has 0 bridgehead atoms. The van der Waals surface area contributed by atoms with E-state index in [9.17, 15) is 22.8 Å². The van der Waals surface area contributed by atoms with E-state index in [1.165, 1.54) is 11.8 Å². The highest BCUT2D eigenvalue weighted by molar-refractivity contribution is 7.98. The molecule has 0 unspecified atom stereocenters. The van der Waals surface area contributed by atoms with E-state index >= 15 is 0 Å². The summed E-state index contributed by atoms with van der Waals surface area (Å²) in [5.74, 6) is -0.763. The number of rotatable bonds is 8. The smallest absolute Gasteiger partial charge is 0.406 e. The first-order chi connectivity index (χ1) is 9.21. The summed E-state index contributed by atoms with van der Waals surface area (Å²) in [7, 11) is 0. The normalized spacial score (nSPS) is 12.8. The second kappa shape index (κ2) is 8.93. The van der Waals surface area contributed by atoms with Crippen LogP contribution in [0.25, 0.3) is 0 Å². The van der Waals surface area contributed by atoms with Crippen LogP contribution < -0.4 is 5.32 Å². The van der Waals surface area contributed by atoms with Gasteiger partial charge in [-0.15, -0.1) is 0 Å². The highest BCUT2D eigenvalue weighted by Gasteiger charge is 2.33. The molecule has 0 saturated carbocycles. The predicted molar refractivity (Wildman–Crippen MR) is 70.9 cm³/mol. The minimum absolute atomic E-state index is 0.0831. The van der Waals surface area contributed by atoms with Gasteiger partial charge in [-0.05, 0) is 24.9 Å². The van der Waals surface area contributed by atoms with Crippen LogP contribution in [0.15, 0.2) is 0 Å². The van der Waals surface area contributed by atoms with Gasteiger partial charge < -0.3 is 15.3 Å². The predicted octanol–water partition coefficient (Wildman–Crippen LogP) is 2.18. The SMILES string of the molecule is CCCN(CC(F)(F)F)C(=O)N[C@H](CCSC)C(=O)O. The lowest BCUT2D eigenvalue weighted by atomic mass is 10.2. The fourth-order valence-corrected chi connectivity index (χ4v) is 1.94. The number of carboxylic acid groups (broad SMARTS) is 1. The summed E-state index contributed by atoms with van der Waals surface area (Å²) in [5, 5.41) is 11.1. The maximum absolute atomic E-state index is 12.3. The topological polar surface area (TPSA) is 69.6 Å². The van der Waals surface area contributed by atoms with E-state index in [1.807, 2.05) is 0 Å². The number of nitrogens with zero attached hydrogens (tertiary/aromatic N) is 1. The fraction of sp³-hybridized carbons (Fsp3) is 0.818. The summed E-state index contributed by atoms with van der Waals surface area (Å²) in [6.45, 7) is 0.167. The van der Waals surface area contributed by atoms with Gasteiger partial charge in [0.15, 0.2) is 0 Å². The third-order valence-corrected chi connectivity index (χ3v) is 3.00. The van der Waals surface area contributed by atoms with E-state index in [2.05, 4.69) is 5.32 Å². The van der Waals surface area contributed by atoms with Crippen LogP contribution in [0.2, 0.25) is 0 Å². The molecule has 9 heteroatoms. The van der Waals surface area contributed by atoms with Gasteiger partial charge in [-0.1, -0.05) is 6.92 Å². The average molecular weight is 316 g/mol. The molecule has 0 rings (SSSR count). The molecule has 0 aliphatic heterocycles. The van der Waals surface area contributed by atoms with Crippen molar-refractivity contribution >= 4 is 23.8 Å². The van der Waals surface area contributed by atoms with Gasteiger partial charge in [0.05, 0.1) is 0 Å². The Labute approximate surface area is 119 Å². The van der Waals surface area contributed by atoms with Crippen LogP contribution in [0.3, 0.4) is 0 Å². The van der Waals surface area contributed by atoms with E-state index in [0.29, 0.717) is 17.1 Å². The van der Waals surface area contributed by atoms with Crippen LogP contribution in [-0.2, 0) is 4.79 Å². The largest absolute Gasteiger partial charge is 0.480 e. The van der Waals surface area contributed by atoms with E-state index in [1.54, 1.807) is 13.2 Å². The van der Waals surface area contributed by atoms with Crippen LogP contribution >= 0.6 is 11.8 Å². The lowest BCUT2D eigenvalue weighted by Gasteiger charge is -2.25. The molecule has 0 radical (unpaired) electrons.